The summed E-state index contributed by atoms with van der Waals surface area (Å²) in [6.07, 6.45) is -3.72. The van der Waals surface area contributed by atoms with E-state index in [0.29, 0.717) is 12.7 Å². The molecule has 174 valence electrons. The minimum atomic E-state index is -1.70. The van der Waals surface area contributed by atoms with Gasteiger partial charge >= 0.3 is 6.09 Å². The summed E-state index contributed by atoms with van der Waals surface area (Å²) < 4.78 is 43.3. The second-order valence-electron chi connectivity index (χ2n) is 8.24. The lowest BCUT2D eigenvalue weighted by molar-refractivity contribution is -0.536. The molecule has 2 rings (SSSR count). The van der Waals surface area contributed by atoms with Crippen LogP contribution in [0.4, 0.5) is 13.6 Å². The Hall–Kier alpha value is -2.37. The van der Waals surface area contributed by atoms with E-state index < -0.39 is 59.2 Å². The zero-order chi connectivity index (χ0) is 23.3. The van der Waals surface area contributed by atoms with E-state index in [0.717, 1.165) is 17.0 Å². The monoisotopic (exact) mass is 446 g/mol. The second-order valence-corrected chi connectivity index (χ2v) is 8.24. The number of benzene rings is 1. The normalized spacial score (nSPS) is 21.5. The molecule has 1 amide bonds. The van der Waals surface area contributed by atoms with Crippen LogP contribution in [0.1, 0.15) is 33.3 Å². The predicted octanol–water partition coefficient (Wildman–Crippen LogP) is 2.51. The standard InChI is InChI=1S/C20H28F2N2O7/c1-5-29-17-10-23(19(26)31-20(2,3)4)16(11-30-17)18(25)15(24(27)28)8-12-6-13(21)9-14(22)7-12/h6-7,9,15-18,25H,5,8,10-11H2,1-4H3/t15-,16?,17?,18-/m0/s1. The molecule has 1 fully saturated rings. The number of aliphatic hydroxyl groups is 1. The van der Waals surface area contributed by atoms with Gasteiger partial charge in [0, 0.05) is 24.0 Å². The zero-order valence-corrected chi connectivity index (χ0v) is 17.9. The minimum Gasteiger partial charge on any atom is -0.444 e. The first-order chi connectivity index (χ1) is 14.4. The van der Waals surface area contributed by atoms with Crippen molar-refractivity contribution in [2.45, 2.75) is 64.2 Å². The van der Waals surface area contributed by atoms with Gasteiger partial charge in [0.15, 0.2) is 6.29 Å². The third-order valence-electron chi connectivity index (χ3n) is 4.61. The highest BCUT2D eigenvalue weighted by Gasteiger charge is 2.45. The molecule has 0 bridgehead atoms. The van der Waals surface area contributed by atoms with Crippen molar-refractivity contribution in [3.8, 4) is 0 Å². The van der Waals surface area contributed by atoms with Crippen molar-refractivity contribution in [2.24, 2.45) is 0 Å². The number of nitro groups is 1. The van der Waals surface area contributed by atoms with Crippen LogP contribution in [0.2, 0.25) is 0 Å². The van der Waals surface area contributed by atoms with Gasteiger partial charge in [0.05, 0.1) is 19.2 Å². The number of carbonyl (C=O) groups is 1. The Bertz CT molecular complexity index is 767. The van der Waals surface area contributed by atoms with E-state index in [4.69, 9.17) is 14.2 Å². The number of rotatable bonds is 7. The summed E-state index contributed by atoms with van der Waals surface area (Å²) in [6, 6.07) is -0.210. The summed E-state index contributed by atoms with van der Waals surface area (Å²) in [5.41, 5.74) is -0.834. The van der Waals surface area contributed by atoms with Gasteiger partial charge in [-0.1, -0.05) is 0 Å². The fourth-order valence-corrected chi connectivity index (χ4v) is 3.29. The maximum absolute atomic E-state index is 13.5. The fourth-order valence-electron chi connectivity index (χ4n) is 3.29. The molecule has 0 spiro atoms. The number of hydrogen-bond donors (Lipinski definition) is 1. The molecule has 4 atom stereocenters. The van der Waals surface area contributed by atoms with Crippen LogP contribution in [0, 0.1) is 21.7 Å². The van der Waals surface area contributed by atoms with E-state index in [-0.39, 0.29) is 18.7 Å². The average molecular weight is 446 g/mol. The molecule has 11 heteroatoms. The van der Waals surface area contributed by atoms with Crippen molar-refractivity contribution in [3.63, 3.8) is 0 Å². The molecule has 1 saturated heterocycles. The highest BCUT2D eigenvalue weighted by Crippen LogP contribution is 2.23. The average Bonchev–Trinajstić information content (AvgIpc) is 2.63. The molecule has 1 aromatic rings. The molecule has 1 aliphatic rings. The van der Waals surface area contributed by atoms with Gasteiger partial charge in [-0.15, -0.1) is 0 Å². The molecule has 9 nitrogen and oxygen atoms in total. The predicted molar refractivity (Wildman–Crippen MR) is 105 cm³/mol. The van der Waals surface area contributed by atoms with Gasteiger partial charge in [-0.2, -0.15) is 0 Å². The van der Waals surface area contributed by atoms with Gasteiger partial charge < -0.3 is 19.3 Å². The molecule has 0 radical (unpaired) electrons. The largest absolute Gasteiger partial charge is 0.444 e. The van der Waals surface area contributed by atoms with Gasteiger partial charge in [-0.25, -0.2) is 13.6 Å². The smallest absolute Gasteiger partial charge is 0.410 e. The maximum atomic E-state index is 13.5. The number of amides is 1. The Morgan fingerprint density at radius 3 is 2.48 bits per heavy atom. The first-order valence-corrected chi connectivity index (χ1v) is 9.90. The number of halogens is 2. The maximum Gasteiger partial charge on any atom is 0.410 e. The lowest BCUT2D eigenvalue weighted by atomic mass is 9.95. The topological polar surface area (TPSA) is 111 Å². The van der Waals surface area contributed by atoms with Gasteiger partial charge in [-0.3, -0.25) is 15.0 Å². The first-order valence-electron chi connectivity index (χ1n) is 9.90. The number of carbonyl (C=O) groups excluding carboxylic acids is 1. The van der Waals surface area contributed by atoms with Gasteiger partial charge in [0.1, 0.15) is 23.3 Å². The van der Waals surface area contributed by atoms with Crippen LogP contribution >= 0.6 is 0 Å². The van der Waals surface area contributed by atoms with E-state index in [2.05, 4.69) is 0 Å². The van der Waals surface area contributed by atoms with Crippen LogP contribution < -0.4 is 0 Å². The van der Waals surface area contributed by atoms with E-state index in [9.17, 15) is 28.8 Å². The van der Waals surface area contributed by atoms with Gasteiger partial charge in [0.2, 0.25) is 6.04 Å². The lowest BCUT2D eigenvalue weighted by Crippen LogP contribution is -2.61. The SMILES string of the molecule is CCOC1CN(C(=O)OC(C)(C)C)C([C@@H](O)[C@H](Cc2cc(F)cc(F)c2)[N+](=O)[O-])CO1. The van der Waals surface area contributed by atoms with Crippen molar-refractivity contribution in [2.75, 3.05) is 19.8 Å². The molecular formula is C20H28F2N2O7. The molecule has 1 aliphatic heterocycles. The minimum absolute atomic E-state index is 0.00555. The number of hydrogen-bond acceptors (Lipinski definition) is 7. The van der Waals surface area contributed by atoms with Gasteiger partial charge in [-0.05, 0) is 45.4 Å². The van der Waals surface area contributed by atoms with Crippen LogP contribution in [0.3, 0.4) is 0 Å². The fraction of sp³-hybridized carbons (Fsp3) is 0.650. The third kappa shape index (κ3) is 7.08. The van der Waals surface area contributed by atoms with Crippen LogP contribution in [-0.4, -0.2) is 70.9 Å². The molecule has 0 aliphatic carbocycles. The molecule has 1 N–H and O–H groups in total. The second kappa shape index (κ2) is 10.3. The van der Waals surface area contributed by atoms with Crippen molar-refractivity contribution in [1.29, 1.82) is 0 Å². The van der Waals surface area contributed by atoms with Crippen molar-refractivity contribution in [3.05, 3.63) is 45.5 Å². The lowest BCUT2D eigenvalue weighted by Gasteiger charge is -2.41. The number of nitrogens with zero attached hydrogens (tertiary/aromatic N) is 2. The Morgan fingerprint density at radius 2 is 1.97 bits per heavy atom. The Morgan fingerprint density at radius 1 is 1.35 bits per heavy atom. The number of morpholine rings is 1. The Balaban J connectivity index is 2.27. The number of aliphatic hydroxyl groups excluding tert-OH is 1. The van der Waals surface area contributed by atoms with E-state index >= 15 is 0 Å². The summed E-state index contributed by atoms with van der Waals surface area (Å²) in [6.45, 7) is 6.68. The molecule has 0 saturated carbocycles. The highest BCUT2D eigenvalue weighted by atomic mass is 19.1. The van der Waals surface area contributed by atoms with E-state index in [1.807, 2.05) is 0 Å². The third-order valence-corrected chi connectivity index (χ3v) is 4.61. The van der Waals surface area contributed by atoms with E-state index in [1.165, 1.54) is 0 Å². The number of ether oxygens (including phenoxy) is 3. The Kier molecular flexibility index (Phi) is 8.27. The molecule has 0 aromatic heterocycles. The molecule has 31 heavy (non-hydrogen) atoms. The van der Waals surface area contributed by atoms with Crippen LogP contribution in [-0.2, 0) is 20.6 Å². The van der Waals surface area contributed by atoms with Gasteiger partial charge in [0.25, 0.3) is 0 Å². The quantitative estimate of drug-likeness (QED) is 0.506. The van der Waals surface area contributed by atoms with Crippen LogP contribution in [0.15, 0.2) is 18.2 Å². The summed E-state index contributed by atoms with van der Waals surface area (Å²) in [5, 5.41) is 22.5. The van der Waals surface area contributed by atoms with Crippen LogP contribution in [0.5, 0.6) is 0 Å². The summed E-state index contributed by atoms with van der Waals surface area (Å²) in [7, 11) is 0. The Labute approximate surface area is 179 Å². The van der Waals surface area contributed by atoms with E-state index in [1.54, 1.807) is 27.7 Å². The molecule has 1 heterocycles. The highest BCUT2D eigenvalue weighted by molar-refractivity contribution is 5.69. The van der Waals surface area contributed by atoms with Crippen molar-refractivity contribution < 1.29 is 37.8 Å². The molecular weight excluding hydrogens is 418 g/mol. The summed E-state index contributed by atoms with van der Waals surface area (Å²) >= 11 is 0. The van der Waals surface area contributed by atoms with Crippen molar-refractivity contribution >= 4 is 6.09 Å². The van der Waals surface area contributed by atoms with Crippen molar-refractivity contribution in [1.82, 2.24) is 4.90 Å². The first kappa shape index (κ1) is 24.9. The molecule has 2 unspecified atom stereocenters. The zero-order valence-electron chi connectivity index (χ0n) is 17.9. The summed E-state index contributed by atoms with van der Waals surface area (Å²) in [5.74, 6) is -1.77. The summed E-state index contributed by atoms with van der Waals surface area (Å²) in [4.78, 5) is 24.8. The molecule has 1 aromatic carbocycles. The van der Waals surface area contributed by atoms with Crippen LogP contribution in [0.25, 0.3) is 0 Å².